The number of alkyl halides is 3. The van der Waals surface area contributed by atoms with Crippen molar-refractivity contribution < 1.29 is 27.8 Å². The average Bonchev–Trinajstić information content (AvgIpc) is 2.65. The van der Waals surface area contributed by atoms with Crippen LogP contribution < -0.4 is 10.1 Å². The van der Waals surface area contributed by atoms with E-state index in [0.29, 0.717) is 25.3 Å². The van der Waals surface area contributed by atoms with E-state index in [9.17, 15) is 18.3 Å². The van der Waals surface area contributed by atoms with Gasteiger partial charge >= 0.3 is 6.36 Å². The highest BCUT2D eigenvalue weighted by Crippen LogP contribution is 2.43. The normalized spacial score (nSPS) is 20.4. The van der Waals surface area contributed by atoms with Crippen LogP contribution in [0.25, 0.3) is 0 Å². The molecule has 26 heavy (non-hydrogen) atoms. The van der Waals surface area contributed by atoms with Crippen LogP contribution >= 0.6 is 0 Å². The van der Waals surface area contributed by atoms with Gasteiger partial charge in [0, 0.05) is 18.7 Å². The lowest BCUT2D eigenvalue weighted by Gasteiger charge is -2.42. The van der Waals surface area contributed by atoms with Crippen LogP contribution in [-0.2, 0) is 10.2 Å². The maximum Gasteiger partial charge on any atom is 0.573 e. The fourth-order valence-electron chi connectivity index (χ4n) is 3.46. The highest BCUT2D eigenvalue weighted by atomic mass is 19.4. The molecule has 3 rings (SSSR count). The Hall–Kier alpha value is -2.09. The topological polar surface area (TPSA) is 50.7 Å². The summed E-state index contributed by atoms with van der Waals surface area (Å²) in [6.07, 6.45) is -5.39. The molecule has 0 aliphatic carbocycles. The number of halogens is 3. The van der Waals surface area contributed by atoms with Crippen molar-refractivity contribution in [2.75, 3.05) is 26.3 Å². The quantitative estimate of drug-likeness (QED) is 0.853. The second kappa shape index (κ2) is 7.65. The van der Waals surface area contributed by atoms with Crippen LogP contribution in [0.3, 0.4) is 0 Å². The Bertz CT molecular complexity index is 717. The van der Waals surface area contributed by atoms with Crippen LogP contribution in [0.15, 0.2) is 54.6 Å². The summed E-state index contributed by atoms with van der Waals surface area (Å²) in [6, 6.07) is 14.8. The molecule has 0 spiro atoms. The molecule has 1 aliphatic rings. The fourth-order valence-corrected chi connectivity index (χ4v) is 3.46. The van der Waals surface area contributed by atoms with Gasteiger partial charge in [0.05, 0.1) is 24.7 Å². The first-order valence-corrected chi connectivity index (χ1v) is 8.31. The lowest BCUT2D eigenvalue weighted by molar-refractivity contribution is -0.275. The predicted molar refractivity (Wildman–Crippen MR) is 90.0 cm³/mol. The zero-order valence-electron chi connectivity index (χ0n) is 14.0. The van der Waals surface area contributed by atoms with E-state index in [2.05, 4.69) is 10.1 Å². The second-order valence-corrected chi connectivity index (χ2v) is 6.10. The summed E-state index contributed by atoms with van der Waals surface area (Å²) in [6.45, 7) is 1.02. The van der Waals surface area contributed by atoms with Gasteiger partial charge in [0.15, 0.2) is 0 Å². The largest absolute Gasteiger partial charge is 0.573 e. The minimum atomic E-state index is -4.83. The second-order valence-electron chi connectivity index (χ2n) is 6.10. The first-order valence-electron chi connectivity index (χ1n) is 8.31. The number of hydrogen-bond donors (Lipinski definition) is 2. The van der Waals surface area contributed by atoms with Gasteiger partial charge in [-0.15, -0.1) is 13.2 Å². The molecular weight excluding hydrogens is 347 g/mol. The van der Waals surface area contributed by atoms with Crippen molar-refractivity contribution in [3.8, 4) is 5.75 Å². The molecule has 0 amide bonds. The van der Waals surface area contributed by atoms with E-state index < -0.39 is 24.5 Å². The molecule has 1 aliphatic heterocycles. The van der Waals surface area contributed by atoms with Crippen molar-refractivity contribution in [1.82, 2.24) is 5.32 Å². The third kappa shape index (κ3) is 3.70. The van der Waals surface area contributed by atoms with Crippen molar-refractivity contribution in [3.63, 3.8) is 0 Å². The summed E-state index contributed by atoms with van der Waals surface area (Å²) in [4.78, 5) is 0. The zero-order chi connectivity index (χ0) is 18.6. The van der Waals surface area contributed by atoms with E-state index in [1.54, 1.807) is 36.4 Å². The lowest BCUT2D eigenvalue weighted by Crippen LogP contribution is -2.54. The van der Waals surface area contributed by atoms with Gasteiger partial charge in [-0.1, -0.05) is 48.5 Å². The smallest absolute Gasteiger partial charge is 0.405 e. The van der Waals surface area contributed by atoms with Crippen molar-refractivity contribution in [1.29, 1.82) is 0 Å². The highest BCUT2D eigenvalue weighted by Gasteiger charge is 2.46. The maximum absolute atomic E-state index is 12.9. The van der Waals surface area contributed by atoms with Gasteiger partial charge in [-0.05, 0) is 11.6 Å². The summed E-state index contributed by atoms with van der Waals surface area (Å²) in [5.41, 5.74) is -0.301. The van der Waals surface area contributed by atoms with Gasteiger partial charge in [0.25, 0.3) is 0 Å². The van der Waals surface area contributed by atoms with E-state index in [4.69, 9.17) is 4.74 Å². The van der Waals surface area contributed by atoms with Crippen LogP contribution in [0, 0.1) is 0 Å². The molecule has 2 aromatic rings. The van der Waals surface area contributed by atoms with Crippen molar-refractivity contribution >= 4 is 0 Å². The van der Waals surface area contributed by atoms with Gasteiger partial charge in [-0.25, -0.2) is 0 Å². The first-order chi connectivity index (χ1) is 12.5. The molecule has 140 valence electrons. The number of hydrogen-bond acceptors (Lipinski definition) is 4. The number of para-hydroxylation sites is 1. The van der Waals surface area contributed by atoms with E-state index in [1.807, 2.05) is 6.07 Å². The van der Waals surface area contributed by atoms with Crippen LogP contribution in [0.2, 0.25) is 0 Å². The molecule has 2 unspecified atom stereocenters. The Labute approximate surface area is 149 Å². The van der Waals surface area contributed by atoms with Crippen LogP contribution in [0.5, 0.6) is 5.75 Å². The Morgan fingerprint density at radius 2 is 1.77 bits per heavy atom. The summed E-state index contributed by atoms with van der Waals surface area (Å²) >= 11 is 0. The Morgan fingerprint density at radius 3 is 2.38 bits per heavy atom. The summed E-state index contributed by atoms with van der Waals surface area (Å²) in [5, 5.41) is 13.6. The molecule has 0 aromatic heterocycles. The number of morpholine rings is 1. The lowest BCUT2D eigenvalue weighted by atomic mass is 9.70. The van der Waals surface area contributed by atoms with E-state index in [-0.39, 0.29) is 11.3 Å². The molecule has 2 atom stereocenters. The molecule has 1 fully saturated rings. The van der Waals surface area contributed by atoms with E-state index in [0.717, 1.165) is 0 Å². The van der Waals surface area contributed by atoms with Gasteiger partial charge in [-0.2, -0.15) is 0 Å². The molecular formula is C19H20F3NO3. The molecule has 1 heterocycles. The number of aliphatic hydroxyl groups is 1. The first kappa shape index (κ1) is 18.7. The molecule has 2 N–H and O–H groups in total. The number of nitrogens with one attached hydrogen (secondary N) is 1. The number of aliphatic hydroxyl groups excluding tert-OH is 1. The molecule has 7 heteroatoms. The van der Waals surface area contributed by atoms with Crippen molar-refractivity contribution in [2.45, 2.75) is 17.9 Å². The molecule has 0 radical (unpaired) electrons. The standard InChI is InChI=1S/C19H20F3NO3/c20-19(21,22)26-16-9-5-4-8-15(16)18(13-24,14-6-2-1-3-7-14)17-12-23-10-11-25-17/h1-9,17,23-24H,10-13H2. The number of rotatable bonds is 5. The van der Waals surface area contributed by atoms with Gasteiger partial charge in [-0.3, -0.25) is 0 Å². The van der Waals surface area contributed by atoms with E-state index in [1.165, 1.54) is 12.1 Å². The highest BCUT2D eigenvalue weighted by molar-refractivity contribution is 5.49. The summed E-state index contributed by atoms with van der Waals surface area (Å²) < 4.78 is 48.9. The summed E-state index contributed by atoms with van der Waals surface area (Å²) in [5.74, 6) is -0.341. The molecule has 1 saturated heterocycles. The Morgan fingerprint density at radius 1 is 1.08 bits per heavy atom. The molecule has 4 nitrogen and oxygen atoms in total. The molecule has 0 bridgehead atoms. The third-order valence-electron chi connectivity index (χ3n) is 4.61. The van der Waals surface area contributed by atoms with Gasteiger partial charge in [0.1, 0.15) is 5.75 Å². The predicted octanol–water partition coefficient (Wildman–Crippen LogP) is 2.85. The van der Waals surface area contributed by atoms with Crippen LogP contribution in [0.4, 0.5) is 13.2 Å². The maximum atomic E-state index is 12.9. The Balaban J connectivity index is 2.18. The minimum Gasteiger partial charge on any atom is -0.405 e. The fraction of sp³-hybridized carbons (Fsp3) is 0.368. The third-order valence-corrected chi connectivity index (χ3v) is 4.61. The zero-order valence-corrected chi connectivity index (χ0v) is 14.0. The monoisotopic (exact) mass is 367 g/mol. The number of ether oxygens (including phenoxy) is 2. The van der Waals surface area contributed by atoms with Crippen molar-refractivity contribution in [2.24, 2.45) is 0 Å². The SMILES string of the molecule is OCC(c1ccccc1)(c1ccccc1OC(F)(F)F)C1CNCCO1. The minimum absolute atomic E-state index is 0.236. The van der Waals surface area contributed by atoms with Crippen LogP contribution in [-0.4, -0.2) is 43.9 Å². The van der Waals surface area contributed by atoms with Gasteiger partial charge in [0.2, 0.25) is 0 Å². The summed E-state index contributed by atoms with van der Waals surface area (Å²) in [7, 11) is 0. The van der Waals surface area contributed by atoms with Crippen molar-refractivity contribution in [3.05, 3.63) is 65.7 Å². The number of benzene rings is 2. The van der Waals surface area contributed by atoms with Gasteiger partial charge < -0.3 is 19.9 Å². The van der Waals surface area contributed by atoms with E-state index >= 15 is 0 Å². The Kier molecular flexibility index (Phi) is 5.50. The molecule has 0 saturated carbocycles. The van der Waals surface area contributed by atoms with Crippen LogP contribution in [0.1, 0.15) is 11.1 Å². The molecule has 2 aromatic carbocycles. The average molecular weight is 367 g/mol.